The van der Waals surface area contributed by atoms with E-state index < -0.39 is 54.5 Å². The molecule has 0 radical (unpaired) electrons. The number of piperazine rings is 1. The molecule has 17 nitrogen and oxygen atoms in total. The third-order valence-electron chi connectivity index (χ3n) is 15.5. The number of thiazole rings is 1. The first kappa shape index (κ1) is 51.6. The fourth-order valence-electron chi connectivity index (χ4n) is 11.0. The molecule has 6 aliphatic rings. The van der Waals surface area contributed by atoms with Crippen molar-refractivity contribution < 1.29 is 46.8 Å². The molecule has 73 heavy (non-hydrogen) atoms. The Balaban J connectivity index is 1.12. The SMILES string of the molecule is CO[C@@H](C)c1ncc(N2CCN(C3CC3)CC2)cc1-c1c2c3cc(ccc3n1CCOC1CCOCC1)-c1csc(n1)[C@@H](OCC(F)F)[C@H](NC(=O)N1CC[C@H]1C)C(=O)N1CCC[C@H](N1)C(=O)OCC(C)(C)C2. The van der Waals surface area contributed by atoms with Gasteiger partial charge >= 0.3 is 12.0 Å². The van der Waals surface area contributed by atoms with E-state index in [1.165, 1.54) is 29.2 Å². The average Bonchev–Trinajstić information content (AvgIpc) is 4.07. The van der Waals surface area contributed by atoms with Gasteiger partial charge in [0.25, 0.3) is 12.3 Å². The summed E-state index contributed by atoms with van der Waals surface area (Å²) >= 11 is 1.17. The minimum atomic E-state index is -2.87. The molecule has 6 bridgehead atoms. The number of urea groups is 1. The van der Waals surface area contributed by atoms with Gasteiger partial charge < -0.3 is 43.4 Å². The summed E-state index contributed by atoms with van der Waals surface area (Å²) < 4.78 is 61.0. The normalized spacial score (nSPS) is 24.9. The van der Waals surface area contributed by atoms with Gasteiger partial charge in [-0.3, -0.25) is 24.5 Å². The van der Waals surface area contributed by atoms with Crippen molar-refractivity contribution in [3.63, 3.8) is 0 Å². The van der Waals surface area contributed by atoms with Crippen molar-refractivity contribution in [1.29, 1.82) is 0 Å². The van der Waals surface area contributed by atoms with Crippen LogP contribution < -0.4 is 15.6 Å². The summed E-state index contributed by atoms with van der Waals surface area (Å²) in [5, 5.41) is 7.16. The first-order chi connectivity index (χ1) is 35.2. The van der Waals surface area contributed by atoms with Crippen LogP contribution in [0.1, 0.15) is 101 Å². The highest BCUT2D eigenvalue weighted by molar-refractivity contribution is 7.10. The highest BCUT2D eigenvalue weighted by Crippen LogP contribution is 2.44. The second-order valence-corrected chi connectivity index (χ2v) is 22.3. The monoisotopic (exact) mass is 1030 g/mol. The number of benzene rings is 1. The van der Waals surface area contributed by atoms with E-state index in [1.807, 2.05) is 31.5 Å². The Bertz CT molecular complexity index is 2610. The number of ether oxygens (including phenoxy) is 5. The molecule has 3 aromatic heterocycles. The zero-order valence-electron chi connectivity index (χ0n) is 42.8. The third-order valence-corrected chi connectivity index (χ3v) is 16.4. The zero-order chi connectivity index (χ0) is 51.0. The number of hydrogen-bond donors (Lipinski definition) is 2. The molecule has 8 heterocycles. The number of esters is 1. The molecule has 20 heteroatoms. The lowest BCUT2D eigenvalue weighted by Gasteiger charge is -2.41. The highest BCUT2D eigenvalue weighted by atomic mass is 32.1. The van der Waals surface area contributed by atoms with Crippen molar-refractivity contribution in [2.24, 2.45) is 5.41 Å². The van der Waals surface area contributed by atoms with Crippen molar-refractivity contribution in [2.45, 2.75) is 135 Å². The van der Waals surface area contributed by atoms with Crippen LogP contribution in [0.25, 0.3) is 33.4 Å². The number of carbonyl (C=O) groups is 3. The number of hydrogen-bond acceptors (Lipinski definition) is 14. The van der Waals surface area contributed by atoms with Crippen LogP contribution >= 0.6 is 11.3 Å². The zero-order valence-corrected chi connectivity index (χ0v) is 43.6. The first-order valence-corrected chi connectivity index (χ1v) is 27.2. The van der Waals surface area contributed by atoms with Gasteiger partial charge in [-0.1, -0.05) is 19.9 Å². The Labute approximate surface area is 430 Å². The molecule has 2 N–H and O–H groups in total. The Morgan fingerprint density at radius 1 is 1.01 bits per heavy atom. The topological polar surface area (TPSA) is 165 Å². The number of fused-ring (bicyclic) bond motifs is 6. The van der Waals surface area contributed by atoms with Gasteiger partial charge in [-0.05, 0) is 89.0 Å². The van der Waals surface area contributed by atoms with Gasteiger partial charge in [0.05, 0.1) is 54.4 Å². The summed E-state index contributed by atoms with van der Waals surface area (Å²) in [6, 6.07) is 6.24. The number of likely N-dealkylation sites (tertiary alicyclic amines) is 1. The largest absolute Gasteiger partial charge is 0.464 e. The molecule has 5 fully saturated rings. The number of amides is 3. The van der Waals surface area contributed by atoms with Crippen LogP contribution in [0, 0.1) is 5.41 Å². The molecular weight excluding hydrogens is 961 g/mol. The summed E-state index contributed by atoms with van der Waals surface area (Å²) in [6.07, 6.45) is 3.75. The standard InChI is InChI=1S/C53H71F2N9O8S/c1-32-12-16-62(32)52(67)58-46-48(71-29-44(54)55)49-57-42(30-73-49)34-8-11-43-38(25-34)40(27-53(3,4)31-72-51(66)41-7-6-15-64(59-41)50(46)65)47(63(43)21-24-70-37-13-22-69-23-14-37)39-26-36(28-56-45(39)33(2)68-5)61-19-17-60(18-20-61)35-9-10-35/h8,11,25-26,28,30,32-33,35,37,41,44,46,48,59H,6-7,9-10,12-24,27,29,31H2,1-5H3,(H,58,67)/t32-,33+,41+,46+,48+/m1/s1. The first-order valence-electron chi connectivity index (χ1n) is 26.3. The van der Waals surface area contributed by atoms with Crippen LogP contribution in [0.15, 0.2) is 35.8 Å². The summed E-state index contributed by atoms with van der Waals surface area (Å²) in [4.78, 5) is 59.6. The van der Waals surface area contributed by atoms with Crippen molar-refractivity contribution in [1.82, 2.24) is 40.1 Å². The number of hydrazine groups is 1. The van der Waals surface area contributed by atoms with Gasteiger partial charge in [-0.25, -0.2) is 24.0 Å². The maximum Gasteiger partial charge on any atom is 0.324 e. The van der Waals surface area contributed by atoms with E-state index in [2.05, 4.69) is 57.2 Å². The molecule has 1 saturated carbocycles. The summed E-state index contributed by atoms with van der Waals surface area (Å²) in [5.74, 6) is -1.17. The number of pyridine rings is 1. The van der Waals surface area contributed by atoms with E-state index in [4.69, 9.17) is 33.7 Å². The summed E-state index contributed by atoms with van der Waals surface area (Å²) in [6.45, 7) is 13.9. The van der Waals surface area contributed by atoms with Gasteiger partial charge in [0.1, 0.15) is 29.8 Å². The molecule has 10 rings (SSSR count). The summed E-state index contributed by atoms with van der Waals surface area (Å²) in [7, 11) is 1.70. The number of cyclic esters (lactones) is 1. The predicted octanol–water partition coefficient (Wildman–Crippen LogP) is 7.13. The molecule has 396 valence electrons. The number of nitrogens with one attached hydrogen (secondary N) is 2. The van der Waals surface area contributed by atoms with E-state index in [1.54, 1.807) is 12.0 Å². The van der Waals surface area contributed by atoms with Crippen LogP contribution in [0.3, 0.4) is 0 Å². The van der Waals surface area contributed by atoms with Gasteiger partial charge in [0, 0.05) is 111 Å². The Morgan fingerprint density at radius 2 is 1.81 bits per heavy atom. The molecule has 0 spiro atoms. The van der Waals surface area contributed by atoms with Crippen LogP contribution in [0.4, 0.5) is 19.3 Å². The van der Waals surface area contributed by atoms with Crippen LogP contribution in [-0.2, 0) is 46.2 Å². The summed E-state index contributed by atoms with van der Waals surface area (Å²) in [5.41, 5.74) is 9.50. The molecule has 4 aromatic rings. The number of rotatable bonds is 13. The number of alkyl halides is 2. The lowest BCUT2D eigenvalue weighted by Crippen LogP contribution is -2.63. The Kier molecular flexibility index (Phi) is 15.7. The fourth-order valence-corrected chi connectivity index (χ4v) is 11.9. The quantitative estimate of drug-likeness (QED) is 0.130. The van der Waals surface area contributed by atoms with E-state index in [9.17, 15) is 23.2 Å². The number of anilines is 1. The molecule has 0 unspecified atom stereocenters. The van der Waals surface area contributed by atoms with E-state index in [0.717, 1.165) is 90.1 Å². The van der Waals surface area contributed by atoms with Crippen molar-refractivity contribution in [2.75, 3.05) is 84.3 Å². The number of nitrogens with zero attached hydrogens (tertiary/aromatic N) is 7. The van der Waals surface area contributed by atoms with E-state index in [-0.39, 0.29) is 36.4 Å². The highest BCUT2D eigenvalue weighted by Gasteiger charge is 2.43. The second-order valence-electron chi connectivity index (χ2n) is 21.4. The maximum absolute atomic E-state index is 14.7. The van der Waals surface area contributed by atoms with Gasteiger partial charge in [0.15, 0.2) is 0 Å². The van der Waals surface area contributed by atoms with Crippen molar-refractivity contribution in [3.05, 3.63) is 52.1 Å². The smallest absolute Gasteiger partial charge is 0.324 e. The number of carbonyl (C=O) groups excluding carboxylic acids is 3. The molecule has 1 aliphatic carbocycles. The minimum Gasteiger partial charge on any atom is -0.464 e. The van der Waals surface area contributed by atoms with E-state index in [0.29, 0.717) is 63.9 Å². The van der Waals surface area contributed by atoms with Gasteiger partial charge in [-0.15, -0.1) is 11.3 Å². The number of methoxy groups -OCH3 is 1. The van der Waals surface area contributed by atoms with Crippen LogP contribution in [0.5, 0.6) is 0 Å². The van der Waals surface area contributed by atoms with Crippen molar-refractivity contribution in [3.8, 4) is 22.5 Å². The molecule has 3 amide bonds. The Morgan fingerprint density at radius 3 is 2.52 bits per heavy atom. The van der Waals surface area contributed by atoms with E-state index >= 15 is 0 Å². The lowest BCUT2D eigenvalue weighted by atomic mass is 9.84. The molecule has 4 saturated heterocycles. The Hall–Kier alpha value is -4.83. The van der Waals surface area contributed by atoms with Crippen LogP contribution in [0.2, 0.25) is 0 Å². The van der Waals surface area contributed by atoms with Gasteiger partial charge in [0.2, 0.25) is 0 Å². The molecule has 5 atom stereocenters. The average molecular weight is 1030 g/mol. The van der Waals surface area contributed by atoms with Crippen LogP contribution in [-0.4, -0.2) is 163 Å². The minimum absolute atomic E-state index is 0.0627. The molecule has 1 aromatic carbocycles. The van der Waals surface area contributed by atoms with Gasteiger partial charge in [-0.2, -0.15) is 0 Å². The second kappa shape index (κ2) is 22.2. The number of halogens is 2. The molecule has 5 aliphatic heterocycles. The third kappa shape index (κ3) is 11.4. The predicted molar refractivity (Wildman–Crippen MR) is 272 cm³/mol. The van der Waals surface area contributed by atoms with Crippen molar-refractivity contribution >= 4 is 45.8 Å². The number of aromatic nitrogens is 3. The fraction of sp³-hybridized carbons (Fsp3) is 0.642. The lowest BCUT2D eigenvalue weighted by molar-refractivity contribution is -0.156. The molecular formula is C53H71F2N9O8S. The maximum atomic E-state index is 14.7.